The van der Waals surface area contributed by atoms with Crippen molar-refractivity contribution in [2.75, 3.05) is 46.4 Å². The van der Waals surface area contributed by atoms with Crippen molar-refractivity contribution in [3.63, 3.8) is 0 Å². The Morgan fingerprint density at radius 3 is 2.59 bits per heavy atom. The summed E-state index contributed by atoms with van der Waals surface area (Å²) >= 11 is 0. The van der Waals surface area contributed by atoms with E-state index >= 15 is 0 Å². The molecule has 1 spiro atoms. The molecule has 2 aliphatic heterocycles. The molecule has 0 saturated carbocycles. The van der Waals surface area contributed by atoms with Crippen molar-refractivity contribution >= 4 is 15.9 Å². The third kappa shape index (κ3) is 5.10. The quantitative estimate of drug-likeness (QED) is 0.783. The average molecular weight is 424 g/mol. The Balaban J connectivity index is 1.85. The molecule has 0 bridgehead atoms. The summed E-state index contributed by atoms with van der Waals surface area (Å²) in [6.07, 6.45) is 2.87. The van der Waals surface area contributed by atoms with Gasteiger partial charge in [-0.25, -0.2) is 8.42 Å². The van der Waals surface area contributed by atoms with Crippen molar-refractivity contribution in [2.45, 2.75) is 38.0 Å². The maximum absolute atomic E-state index is 13.4. The first-order chi connectivity index (χ1) is 13.8. The highest BCUT2D eigenvalue weighted by molar-refractivity contribution is 7.89. The highest BCUT2D eigenvalue weighted by atomic mass is 32.2. The summed E-state index contributed by atoms with van der Waals surface area (Å²) in [7, 11) is -2.30. The van der Waals surface area contributed by atoms with Gasteiger partial charge in [0, 0.05) is 19.0 Å². The molecule has 1 aromatic carbocycles. The maximum atomic E-state index is 13.4. The fourth-order valence-electron chi connectivity index (χ4n) is 4.03. The van der Waals surface area contributed by atoms with Gasteiger partial charge in [-0.05, 0) is 56.9 Å². The fourth-order valence-corrected chi connectivity index (χ4v) is 5.67. The Hall–Kier alpha value is -1.64. The molecule has 0 atom stereocenters. The number of nitrogens with one attached hydrogen (secondary N) is 1. The second kappa shape index (κ2) is 9.02. The van der Waals surface area contributed by atoms with Gasteiger partial charge in [-0.15, -0.1) is 0 Å². The minimum Gasteiger partial charge on any atom is -0.492 e. The number of sulfonamides is 1. The molecule has 0 aliphatic carbocycles. The van der Waals surface area contributed by atoms with Crippen molar-refractivity contribution in [3.05, 3.63) is 24.3 Å². The summed E-state index contributed by atoms with van der Waals surface area (Å²) in [6, 6.07) is 6.71. The smallest absolute Gasteiger partial charge is 0.247 e. The van der Waals surface area contributed by atoms with E-state index in [-0.39, 0.29) is 22.8 Å². The molecule has 1 N–H and O–H groups in total. The fraction of sp³-hybridized carbons (Fsp3) is 0.667. The minimum atomic E-state index is -3.82. The van der Waals surface area contributed by atoms with Gasteiger partial charge in [0.25, 0.3) is 0 Å². The molecule has 2 aliphatic rings. The van der Waals surface area contributed by atoms with Crippen LogP contribution in [-0.4, -0.2) is 69.9 Å². The number of carbonyl (C=O) groups is 1. The number of fused-ring (bicyclic) bond motifs is 1. The van der Waals surface area contributed by atoms with E-state index in [0.29, 0.717) is 24.8 Å². The number of likely N-dealkylation sites (N-methyl/N-ethyl adjacent to an activating group) is 1. The lowest BCUT2D eigenvalue weighted by Crippen LogP contribution is -2.53. The minimum absolute atomic E-state index is 0.133. The number of carbonyl (C=O) groups excluding carboxylic acids is 1. The topological polar surface area (TPSA) is 79.0 Å². The maximum Gasteiger partial charge on any atom is 0.247 e. The number of ether oxygens (including phenoxy) is 1. The Morgan fingerprint density at radius 1 is 1.24 bits per heavy atom. The van der Waals surface area contributed by atoms with Gasteiger partial charge in [-0.2, -0.15) is 4.31 Å². The molecule has 1 aromatic rings. The van der Waals surface area contributed by atoms with Crippen LogP contribution in [0.3, 0.4) is 0 Å². The van der Waals surface area contributed by atoms with E-state index in [1.54, 1.807) is 24.3 Å². The molecule has 0 aromatic heterocycles. The molecule has 0 unspecified atom stereocenters. The van der Waals surface area contributed by atoms with Gasteiger partial charge in [-0.1, -0.05) is 26.0 Å². The number of piperidine rings is 1. The molecule has 1 amide bonds. The van der Waals surface area contributed by atoms with Crippen molar-refractivity contribution in [2.24, 2.45) is 11.3 Å². The Labute approximate surface area is 174 Å². The molecule has 1 saturated heterocycles. The molecule has 2 heterocycles. The molecule has 3 rings (SSSR count). The number of likely N-dealkylation sites (tertiary alicyclic amines) is 1. The first-order valence-electron chi connectivity index (χ1n) is 10.4. The Morgan fingerprint density at radius 2 is 1.93 bits per heavy atom. The summed E-state index contributed by atoms with van der Waals surface area (Å²) in [5, 5.41) is 2.55. The predicted molar refractivity (Wildman–Crippen MR) is 112 cm³/mol. The highest BCUT2D eigenvalue weighted by Crippen LogP contribution is 2.39. The second-order valence-corrected chi connectivity index (χ2v) is 10.6. The van der Waals surface area contributed by atoms with Gasteiger partial charge in [0.1, 0.15) is 10.6 Å². The Kier molecular flexibility index (Phi) is 6.86. The first-order valence-corrected chi connectivity index (χ1v) is 11.8. The van der Waals surface area contributed by atoms with E-state index in [9.17, 15) is 13.2 Å². The summed E-state index contributed by atoms with van der Waals surface area (Å²) in [5.41, 5.74) is -0.289. The van der Waals surface area contributed by atoms with Gasteiger partial charge >= 0.3 is 0 Å². The van der Waals surface area contributed by atoms with Crippen LogP contribution in [-0.2, 0) is 14.8 Å². The molecule has 7 nitrogen and oxygen atoms in total. The number of hydrogen-bond acceptors (Lipinski definition) is 5. The summed E-state index contributed by atoms with van der Waals surface area (Å²) in [6.45, 7) is 7.96. The van der Waals surface area contributed by atoms with Gasteiger partial charge < -0.3 is 15.0 Å². The summed E-state index contributed by atoms with van der Waals surface area (Å²) < 4.78 is 34.1. The Bertz CT molecular complexity index is 817. The average Bonchev–Trinajstić information content (AvgIpc) is 2.70. The number of para-hydroxylation sites is 1. The number of hydrogen-bond donors (Lipinski definition) is 1. The van der Waals surface area contributed by atoms with Crippen LogP contribution in [0.2, 0.25) is 0 Å². The first kappa shape index (κ1) is 22.1. The third-order valence-corrected chi connectivity index (χ3v) is 7.88. The molecule has 0 radical (unpaired) electrons. The zero-order valence-electron chi connectivity index (χ0n) is 17.7. The van der Waals surface area contributed by atoms with Crippen molar-refractivity contribution in [3.8, 4) is 5.75 Å². The van der Waals surface area contributed by atoms with E-state index in [0.717, 1.165) is 38.9 Å². The molecule has 1 fully saturated rings. The lowest BCUT2D eigenvalue weighted by Gasteiger charge is -2.45. The van der Waals surface area contributed by atoms with Crippen molar-refractivity contribution < 1.29 is 17.9 Å². The zero-order valence-corrected chi connectivity index (χ0v) is 18.5. The number of amides is 1. The van der Waals surface area contributed by atoms with E-state index in [1.165, 1.54) is 11.4 Å². The molecule has 29 heavy (non-hydrogen) atoms. The third-order valence-electron chi connectivity index (χ3n) is 6.05. The van der Waals surface area contributed by atoms with E-state index in [1.807, 2.05) is 0 Å². The monoisotopic (exact) mass is 423 g/mol. The van der Waals surface area contributed by atoms with E-state index in [2.05, 4.69) is 24.1 Å². The van der Waals surface area contributed by atoms with Crippen molar-refractivity contribution in [1.29, 1.82) is 0 Å². The normalized spacial score (nSPS) is 21.8. The summed E-state index contributed by atoms with van der Waals surface area (Å²) in [4.78, 5) is 14.7. The molecule has 8 heteroatoms. The van der Waals surface area contributed by atoms with E-state index in [4.69, 9.17) is 4.74 Å². The van der Waals surface area contributed by atoms with Crippen LogP contribution >= 0.6 is 0 Å². The van der Waals surface area contributed by atoms with Gasteiger partial charge in [0.2, 0.25) is 15.9 Å². The van der Waals surface area contributed by atoms with Crippen LogP contribution in [0.1, 0.15) is 33.1 Å². The van der Waals surface area contributed by atoms with E-state index < -0.39 is 10.0 Å². The number of rotatable bonds is 5. The number of nitrogens with zero attached hydrogens (tertiary/aromatic N) is 2. The van der Waals surface area contributed by atoms with Crippen LogP contribution in [0.4, 0.5) is 0 Å². The van der Waals surface area contributed by atoms with Crippen molar-refractivity contribution in [1.82, 2.24) is 14.5 Å². The molecule has 162 valence electrons. The molecular formula is C21H33N3O4S. The van der Waals surface area contributed by atoms with Crippen LogP contribution in [0.15, 0.2) is 29.2 Å². The standard InChI is InChI=1S/C21H33N3O4S/c1-17(2)8-11-23-12-9-21(10-13-23)15-24(14-20(25)22-3)29(26,27)19-7-5-4-6-18(19)28-16-21/h4-7,17H,8-16H2,1-3H3,(H,22,25). The zero-order chi connectivity index (χ0) is 21.1. The van der Waals surface area contributed by atoms with Crippen LogP contribution in [0.5, 0.6) is 5.75 Å². The van der Waals surface area contributed by atoms with Crippen LogP contribution in [0, 0.1) is 11.3 Å². The number of benzene rings is 1. The summed E-state index contributed by atoms with van der Waals surface area (Å²) in [5.74, 6) is 0.730. The lowest BCUT2D eigenvalue weighted by molar-refractivity contribution is -0.121. The largest absolute Gasteiger partial charge is 0.492 e. The van der Waals surface area contributed by atoms with Gasteiger partial charge in [0.05, 0.1) is 13.2 Å². The lowest BCUT2D eigenvalue weighted by atomic mass is 9.78. The predicted octanol–water partition coefficient (Wildman–Crippen LogP) is 1.94. The van der Waals surface area contributed by atoms with Gasteiger partial charge in [0.15, 0.2) is 0 Å². The van der Waals surface area contributed by atoms with Gasteiger partial charge in [-0.3, -0.25) is 4.79 Å². The molecular weight excluding hydrogens is 390 g/mol. The SMILES string of the molecule is CNC(=O)CN1CC2(CCN(CCC(C)C)CC2)COc2ccccc2S1(=O)=O. The second-order valence-electron chi connectivity index (χ2n) is 8.71. The highest BCUT2D eigenvalue weighted by Gasteiger charge is 2.43. The van der Waals surface area contributed by atoms with Crippen LogP contribution < -0.4 is 10.1 Å². The van der Waals surface area contributed by atoms with Crippen LogP contribution in [0.25, 0.3) is 0 Å².